The van der Waals surface area contributed by atoms with Gasteiger partial charge in [-0.25, -0.2) is 4.79 Å². The first-order valence-corrected chi connectivity index (χ1v) is 8.42. The molecule has 3 N–H and O–H groups in total. The number of carbonyl (C=O) groups excluding carboxylic acids is 3. The van der Waals surface area contributed by atoms with Crippen molar-refractivity contribution in [3.63, 3.8) is 0 Å². The number of urea groups is 1. The largest absolute Gasteiger partial charge is 0.351 e. The third kappa shape index (κ3) is 3.47. The molecule has 1 aromatic heterocycles. The molecule has 0 spiro atoms. The second kappa shape index (κ2) is 6.48. The minimum Gasteiger partial charge on any atom is -0.351 e. The van der Waals surface area contributed by atoms with Gasteiger partial charge in [0.1, 0.15) is 6.04 Å². The zero-order valence-electron chi connectivity index (χ0n) is 12.2. The van der Waals surface area contributed by atoms with Crippen LogP contribution in [0.3, 0.4) is 0 Å². The van der Waals surface area contributed by atoms with E-state index in [0.29, 0.717) is 13.0 Å². The maximum absolute atomic E-state index is 11.9. The molecular formula is C15H19N3O3S. The van der Waals surface area contributed by atoms with E-state index < -0.39 is 12.1 Å². The number of aryl methyl sites for hydroxylation is 2. The summed E-state index contributed by atoms with van der Waals surface area (Å²) in [6.45, 7) is 0.541. The van der Waals surface area contributed by atoms with E-state index in [1.807, 2.05) is 0 Å². The third-order valence-corrected chi connectivity index (χ3v) is 5.26. The number of carbonyl (C=O) groups is 3. The van der Waals surface area contributed by atoms with E-state index in [1.54, 1.807) is 11.3 Å². The van der Waals surface area contributed by atoms with Gasteiger partial charge in [-0.15, -0.1) is 11.3 Å². The molecule has 0 saturated carbocycles. The van der Waals surface area contributed by atoms with Gasteiger partial charge in [0.2, 0.25) is 5.91 Å². The summed E-state index contributed by atoms with van der Waals surface area (Å²) in [6, 6.07) is 1.12. The van der Waals surface area contributed by atoms with Crippen molar-refractivity contribution in [2.24, 2.45) is 0 Å². The van der Waals surface area contributed by atoms with Crippen LogP contribution in [0.4, 0.5) is 4.79 Å². The molecule has 1 saturated heterocycles. The lowest BCUT2D eigenvalue weighted by molar-refractivity contribution is -0.122. The average Bonchev–Trinajstić information content (AvgIpc) is 3.05. The van der Waals surface area contributed by atoms with Gasteiger partial charge in [0.05, 0.1) is 6.54 Å². The van der Waals surface area contributed by atoms with Crippen LogP contribution in [0.5, 0.6) is 0 Å². The van der Waals surface area contributed by atoms with Gasteiger partial charge >= 0.3 is 6.03 Å². The first-order chi connectivity index (χ1) is 10.6. The van der Waals surface area contributed by atoms with Gasteiger partial charge in [0, 0.05) is 16.2 Å². The fraction of sp³-hybridized carbons (Fsp3) is 0.533. The number of hydrogen-bond donors (Lipinski definition) is 3. The highest BCUT2D eigenvalue weighted by molar-refractivity contribution is 7.12. The molecule has 1 aliphatic heterocycles. The van der Waals surface area contributed by atoms with Crippen LogP contribution < -0.4 is 16.0 Å². The van der Waals surface area contributed by atoms with Crippen LogP contribution in [-0.2, 0) is 29.0 Å². The Bertz CT molecular complexity index is 588. The number of fused-ring (bicyclic) bond motifs is 1. The van der Waals surface area contributed by atoms with Gasteiger partial charge in [-0.1, -0.05) is 0 Å². The highest BCUT2D eigenvalue weighted by atomic mass is 32.1. The van der Waals surface area contributed by atoms with Gasteiger partial charge in [-0.05, 0) is 43.7 Å². The second-order valence-corrected chi connectivity index (χ2v) is 6.92. The lowest BCUT2D eigenvalue weighted by atomic mass is 9.99. The Hall–Kier alpha value is -1.89. The van der Waals surface area contributed by atoms with E-state index in [9.17, 15) is 14.4 Å². The summed E-state index contributed by atoms with van der Waals surface area (Å²) >= 11 is 1.79. The number of amides is 4. The van der Waals surface area contributed by atoms with E-state index in [2.05, 4.69) is 22.0 Å². The maximum Gasteiger partial charge on any atom is 0.322 e. The molecular weight excluding hydrogens is 302 g/mol. The molecule has 3 rings (SSSR count). The highest BCUT2D eigenvalue weighted by Gasteiger charge is 2.29. The second-order valence-electron chi connectivity index (χ2n) is 5.70. The van der Waals surface area contributed by atoms with Gasteiger partial charge in [-0.3, -0.25) is 14.9 Å². The first-order valence-electron chi connectivity index (χ1n) is 7.60. The van der Waals surface area contributed by atoms with Gasteiger partial charge in [-0.2, -0.15) is 0 Å². The zero-order chi connectivity index (χ0) is 15.5. The lowest BCUT2D eigenvalue weighted by Crippen LogP contribution is -2.31. The summed E-state index contributed by atoms with van der Waals surface area (Å²) in [5, 5.41) is 7.53. The summed E-state index contributed by atoms with van der Waals surface area (Å²) in [4.78, 5) is 36.8. The van der Waals surface area contributed by atoms with E-state index in [-0.39, 0.29) is 18.2 Å². The molecule has 2 heterocycles. The van der Waals surface area contributed by atoms with Gasteiger partial charge < -0.3 is 10.6 Å². The van der Waals surface area contributed by atoms with Crippen molar-refractivity contribution >= 4 is 29.2 Å². The van der Waals surface area contributed by atoms with Crippen LogP contribution in [0, 0.1) is 0 Å². The Balaban J connectivity index is 1.43. The Labute approximate surface area is 132 Å². The van der Waals surface area contributed by atoms with E-state index in [4.69, 9.17) is 0 Å². The summed E-state index contributed by atoms with van der Waals surface area (Å²) in [5.74, 6) is -0.455. The normalized spacial score (nSPS) is 20.3. The molecule has 2 aliphatic rings. The Morgan fingerprint density at radius 3 is 2.86 bits per heavy atom. The van der Waals surface area contributed by atoms with Crippen LogP contribution in [0.25, 0.3) is 0 Å². The van der Waals surface area contributed by atoms with Gasteiger partial charge in [0.15, 0.2) is 0 Å². The summed E-state index contributed by atoms with van der Waals surface area (Å²) in [7, 11) is 0. The minimum atomic E-state index is -0.590. The number of thiophene rings is 1. The monoisotopic (exact) mass is 321 g/mol. The summed E-state index contributed by atoms with van der Waals surface area (Å²) < 4.78 is 0. The van der Waals surface area contributed by atoms with Crippen LogP contribution in [0.15, 0.2) is 6.07 Å². The van der Waals surface area contributed by atoms with E-state index in [0.717, 1.165) is 12.8 Å². The molecule has 6 nitrogen and oxygen atoms in total. The van der Waals surface area contributed by atoms with E-state index in [1.165, 1.54) is 28.2 Å². The molecule has 1 unspecified atom stereocenters. The first kappa shape index (κ1) is 15.0. The molecule has 1 atom stereocenters. The SMILES string of the molecule is O=C(CCC1NC(=O)NC1=O)NCc1cc2c(s1)CCCC2. The predicted octanol–water partition coefficient (Wildman–Crippen LogP) is 1.23. The Morgan fingerprint density at radius 1 is 1.32 bits per heavy atom. The Kier molecular flexibility index (Phi) is 4.42. The van der Waals surface area contributed by atoms with Crippen molar-refractivity contribution in [2.75, 3.05) is 0 Å². The van der Waals surface area contributed by atoms with Crippen molar-refractivity contribution < 1.29 is 14.4 Å². The molecule has 1 fully saturated rings. The van der Waals surface area contributed by atoms with Crippen LogP contribution in [-0.4, -0.2) is 23.9 Å². The number of imide groups is 1. The van der Waals surface area contributed by atoms with Crippen molar-refractivity contribution in [2.45, 2.75) is 51.1 Å². The fourth-order valence-corrected chi connectivity index (χ4v) is 4.05. The van der Waals surface area contributed by atoms with Crippen LogP contribution in [0.2, 0.25) is 0 Å². The highest BCUT2D eigenvalue weighted by Crippen LogP contribution is 2.29. The van der Waals surface area contributed by atoms with Crippen LogP contribution in [0.1, 0.15) is 41.0 Å². The quantitative estimate of drug-likeness (QED) is 0.713. The summed E-state index contributed by atoms with van der Waals surface area (Å²) in [5.41, 5.74) is 1.44. The number of nitrogens with one attached hydrogen (secondary N) is 3. The third-order valence-electron chi connectivity index (χ3n) is 4.03. The number of rotatable bonds is 5. The van der Waals surface area contributed by atoms with Crippen molar-refractivity contribution in [3.05, 3.63) is 21.4 Å². The molecule has 1 aromatic rings. The molecule has 7 heteroatoms. The van der Waals surface area contributed by atoms with Crippen molar-refractivity contribution in [1.82, 2.24) is 16.0 Å². The van der Waals surface area contributed by atoms with Crippen LogP contribution >= 0.6 is 11.3 Å². The number of hydrogen-bond acceptors (Lipinski definition) is 4. The van der Waals surface area contributed by atoms with E-state index >= 15 is 0 Å². The van der Waals surface area contributed by atoms with Gasteiger partial charge in [0.25, 0.3) is 5.91 Å². The smallest absolute Gasteiger partial charge is 0.322 e. The topological polar surface area (TPSA) is 87.3 Å². The minimum absolute atomic E-state index is 0.0969. The molecule has 22 heavy (non-hydrogen) atoms. The Morgan fingerprint density at radius 2 is 2.14 bits per heavy atom. The fourth-order valence-electron chi connectivity index (χ4n) is 2.85. The standard InChI is InChI=1S/C15H19N3O3S/c19-13(6-5-11-14(20)18-15(21)17-11)16-8-10-7-9-3-1-2-4-12(9)22-10/h7,11H,1-6,8H2,(H,16,19)(H2,17,18,20,21). The molecule has 0 bridgehead atoms. The average molecular weight is 321 g/mol. The molecule has 118 valence electrons. The molecule has 1 aliphatic carbocycles. The molecule has 0 radical (unpaired) electrons. The lowest BCUT2D eigenvalue weighted by Gasteiger charge is -2.08. The van der Waals surface area contributed by atoms with Crippen molar-refractivity contribution in [1.29, 1.82) is 0 Å². The summed E-state index contributed by atoms with van der Waals surface area (Å²) in [6.07, 6.45) is 5.37. The predicted molar refractivity (Wildman–Crippen MR) is 82.5 cm³/mol. The molecule has 4 amide bonds. The molecule has 0 aromatic carbocycles. The van der Waals surface area contributed by atoms with Crippen molar-refractivity contribution in [3.8, 4) is 0 Å². The zero-order valence-corrected chi connectivity index (χ0v) is 13.1. The maximum atomic E-state index is 11.9.